The SMILES string of the molecule is Bc1ccc(Nc2c(C#N)cnn3cc(C(=O)CCC)c(C)c23)c(F)c1. The third-order valence-corrected chi connectivity index (χ3v) is 4.34. The minimum atomic E-state index is -0.407. The summed E-state index contributed by atoms with van der Waals surface area (Å²) in [4.78, 5) is 12.4. The molecule has 0 aliphatic heterocycles. The highest BCUT2D eigenvalue weighted by Crippen LogP contribution is 2.31. The number of aromatic nitrogens is 2. The van der Waals surface area contributed by atoms with Crippen molar-refractivity contribution in [2.45, 2.75) is 26.7 Å². The molecule has 0 saturated carbocycles. The Morgan fingerprint density at radius 2 is 2.23 bits per heavy atom. The van der Waals surface area contributed by atoms with Gasteiger partial charge in [-0.25, -0.2) is 8.91 Å². The lowest BCUT2D eigenvalue weighted by Crippen LogP contribution is -2.06. The lowest BCUT2D eigenvalue weighted by molar-refractivity contribution is 0.0981. The van der Waals surface area contributed by atoms with Crippen LogP contribution in [-0.4, -0.2) is 23.2 Å². The smallest absolute Gasteiger partial charge is 0.164 e. The monoisotopic (exact) mass is 348 g/mol. The molecule has 0 atom stereocenters. The number of halogens is 1. The standard InChI is InChI=1S/C19H18BFN4O/c1-3-4-17(26)14-10-25-19(11(14)2)18(12(8-22)9-23-25)24-16-6-5-13(20)7-15(16)21/h5-7,9-10,24H,3-4,20H2,1-2H3. The second-order valence-electron chi connectivity index (χ2n) is 6.29. The molecule has 0 saturated heterocycles. The Kier molecular flexibility index (Phi) is 4.76. The quantitative estimate of drug-likeness (QED) is 0.568. The summed E-state index contributed by atoms with van der Waals surface area (Å²) in [6, 6.07) is 6.93. The molecule has 1 N–H and O–H groups in total. The van der Waals surface area contributed by atoms with E-state index in [-0.39, 0.29) is 17.0 Å². The molecule has 0 aliphatic rings. The van der Waals surface area contributed by atoms with Gasteiger partial charge in [-0.1, -0.05) is 18.5 Å². The van der Waals surface area contributed by atoms with Crippen molar-refractivity contribution in [3.8, 4) is 6.07 Å². The van der Waals surface area contributed by atoms with Crippen molar-refractivity contribution in [2.24, 2.45) is 0 Å². The minimum absolute atomic E-state index is 0.0291. The van der Waals surface area contributed by atoms with Crippen LogP contribution >= 0.6 is 0 Å². The molecule has 5 nitrogen and oxygen atoms in total. The van der Waals surface area contributed by atoms with Gasteiger partial charge in [-0.2, -0.15) is 10.4 Å². The zero-order chi connectivity index (χ0) is 18.8. The van der Waals surface area contributed by atoms with Gasteiger partial charge in [-0.15, -0.1) is 0 Å². The molecule has 0 aliphatic carbocycles. The number of aryl methyl sites for hydroxylation is 1. The maximum absolute atomic E-state index is 14.3. The highest BCUT2D eigenvalue weighted by atomic mass is 19.1. The molecule has 130 valence electrons. The number of carbonyl (C=O) groups is 1. The van der Waals surface area contributed by atoms with Crippen LogP contribution in [0.4, 0.5) is 15.8 Å². The molecular formula is C19H18BFN4O. The first kappa shape index (κ1) is 17.7. The molecule has 3 rings (SSSR count). The van der Waals surface area contributed by atoms with Crippen molar-refractivity contribution in [1.29, 1.82) is 5.26 Å². The van der Waals surface area contributed by atoms with Crippen LogP contribution in [0.5, 0.6) is 0 Å². The zero-order valence-corrected chi connectivity index (χ0v) is 14.9. The van der Waals surface area contributed by atoms with E-state index >= 15 is 0 Å². The molecule has 7 heteroatoms. The lowest BCUT2D eigenvalue weighted by Gasteiger charge is -2.12. The van der Waals surface area contributed by atoms with Gasteiger partial charge in [-0.05, 0) is 31.0 Å². The van der Waals surface area contributed by atoms with Crippen molar-refractivity contribution in [3.63, 3.8) is 0 Å². The summed E-state index contributed by atoms with van der Waals surface area (Å²) in [5.74, 6) is -0.378. The Morgan fingerprint density at radius 3 is 2.88 bits per heavy atom. The third-order valence-electron chi connectivity index (χ3n) is 4.34. The first-order valence-corrected chi connectivity index (χ1v) is 8.43. The lowest BCUT2D eigenvalue weighted by atomic mass is 9.96. The molecule has 0 spiro atoms. The number of rotatable bonds is 5. The van der Waals surface area contributed by atoms with Crippen LogP contribution in [0.15, 0.2) is 30.6 Å². The maximum atomic E-state index is 14.3. The molecule has 3 aromatic rings. The number of nitrogens with one attached hydrogen (secondary N) is 1. The summed E-state index contributed by atoms with van der Waals surface area (Å²) < 4.78 is 15.8. The number of nitriles is 1. The fourth-order valence-electron chi connectivity index (χ4n) is 3.00. The average molecular weight is 348 g/mol. The molecule has 0 fully saturated rings. The summed E-state index contributed by atoms with van der Waals surface area (Å²) >= 11 is 0. The van der Waals surface area contributed by atoms with Gasteiger partial charge < -0.3 is 5.32 Å². The van der Waals surface area contributed by atoms with E-state index in [0.717, 1.165) is 17.4 Å². The first-order chi connectivity index (χ1) is 12.5. The van der Waals surface area contributed by atoms with Gasteiger partial charge in [0.25, 0.3) is 0 Å². The second kappa shape index (κ2) is 7.00. The predicted octanol–water partition coefficient (Wildman–Crippen LogP) is 2.64. The Labute approximate surface area is 151 Å². The van der Waals surface area contributed by atoms with Gasteiger partial charge in [0.1, 0.15) is 19.7 Å². The number of ketones is 1. The largest absolute Gasteiger partial charge is 0.350 e. The van der Waals surface area contributed by atoms with Crippen LogP contribution < -0.4 is 10.8 Å². The van der Waals surface area contributed by atoms with Crippen molar-refractivity contribution < 1.29 is 9.18 Å². The second-order valence-corrected chi connectivity index (χ2v) is 6.29. The molecule has 0 radical (unpaired) electrons. The highest BCUT2D eigenvalue weighted by molar-refractivity contribution is 6.32. The van der Waals surface area contributed by atoms with Crippen molar-refractivity contribution >= 4 is 36.0 Å². The minimum Gasteiger partial charge on any atom is -0.350 e. The van der Waals surface area contributed by atoms with E-state index in [1.807, 2.05) is 13.8 Å². The average Bonchev–Trinajstić information content (AvgIpc) is 2.95. The fraction of sp³-hybridized carbons (Fsp3) is 0.211. The van der Waals surface area contributed by atoms with Gasteiger partial charge in [0.15, 0.2) is 5.78 Å². The van der Waals surface area contributed by atoms with Crippen LogP contribution in [-0.2, 0) is 0 Å². The number of hydrogen-bond donors (Lipinski definition) is 1. The van der Waals surface area contributed by atoms with Crippen LogP contribution in [0.25, 0.3) is 5.52 Å². The number of nitrogens with zero attached hydrogens (tertiary/aromatic N) is 3. The van der Waals surface area contributed by atoms with Crippen molar-refractivity contribution in [1.82, 2.24) is 9.61 Å². The number of anilines is 2. The van der Waals surface area contributed by atoms with E-state index in [4.69, 9.17) is 0 Å². The van der Waals surface area contributed by atoms with E-state index in [9.17, 15) is 14.4 Å². The molecular weight excluding hydrogens is 330 g/mol. The van der Waals surface area contributed by atoms with Gasteiger partial charge in [0.05, 0.1) is 28.7 Å². The summed E-state index contributed by atoms with van der Waals surface area (Å²) in [6.07, 6.45) is 4.27. The van der Waals surface area contributed by atoms with Crippen LogP contribution in [0.2, 0.25) is 0 Å². The van der Waals surface area contributed by atoms with Crippen LogP contribution in [0.3, 0.4) is 0 Å². The molecule has 2 heterocycles. The molecule has 0 amide bonds. The van der Waals surface area contributed by atoms with Crippen molar-refractivity contribution in [3.05, 3.63) is 53.1 Å². The van der Waals surface area contributed by atoms with Crippen molar-refractivity contribution in [2.75, 3.05) is 5.32 Å². The number of hydrogen-bond acceptors (Lipinski definition) is 4. The maximum Gasteiger partial charge on any atom is 0.164 e. The van der Waals surface area contributed by atoms with Gasteiger partial charge in [-0.3, -0.25) is 4.79 Å². The topological polar surface area (TPSA) is 70.2 Å². The van der Waals surface area contributed by atoms with Crippen LogP contribution in [0, 0.1) is 24.1 Å². The summed E-state index contributed by atoms with van der Waals surface area (Å²) in [6.45, 7) is 3.76. The Morgan fingerprint density at radius 1 is 1.46 bits per heavy atom. The summed E-state index contributed by atoms with van der Waals surface area (Å²) in [7, 11) is 1.81. The fourth-order valence-corrected chi connectivity index (χ4v) is 3.00. The van der Waals surface area contributed by atoms with E-state index < -0.39 is 5.82 Å². The van der Waals surface area contributed by atoms with E-state index in [0.29, 0.717) is 23.2 Å². The van der Waals surface area contributed by atoms with E-state index in [1.165, 1.54) is 12.3 Å². The van der Waals surface area contributed by atoms with Gasteiger partial charge in [0, 0.05) is 18.2 Å². The number of fused-ring (bicyclic) bond motifs is 1. The van der Waals surface area contributed by atoms with Gasteiger partial charge in [0.2, 0.25) is 0 Å². The van der Waals surface area contributed by atoms with E-state index in [2.05, 4.69) is 16.5 Å². The highest BCUT2D eigenvalue weighted by Gasteiger charge is 2.19. The Hall–Kier alpha value is -3.14. The molecule has 0 bridgehead atoms. The molecule has 1 aromatic carbocycles. The zero-order valence-electron chi connectivity index (χ0n) is 14.9. The number of carbonyl (C=O) groups excluding carboxylic acids is 1. The third kappa shape index (κ3) is 3.06. The summed E-state index contributed by atoms with van der Waals surface area (Å²) in [5.41, 5.74) is 3.70. The van der Waals surface area contributed by atoms with Crippen LogP contribution in [0.1, 0.15) is 41.3 Å². The molecule has 0 unspecified atom stereocenters. The number of benzene rings is 1. The normalized spacial score (nSPS) is 10.7. The summed E-state index contributed by atoms with van der Waals surface area (Å²) in [5, 5.41) is 16.7. The number of Topliss-reactive ketones (excluding diaryl/α,β-unsaturated/α-hetero) is 1. The molecule has 26 heavy (non-hydrogen) atoms. The van der Waals surface area contributed by atoms with Gasteiger partial charge >= 0.3 is 0 Å². The predicted molar refractivity (Wildman–Crippen MR) is 102 cm³/mol. The molecule has 2 aromatic heterocycles. The Bertz CT molecular complexity index is 1050. The first-order valence-electron chi connectivity index (χ1n) is 8.43. The Balaban J connectivity index is 2.19. The van der Waals surface area contributed by atoms with E-state index in [1.54, 1.807) is 30.7 Å².